The maximum Gasteiger partial charge on any atom is 0.227 e. The fourth-order valence-corrected chi connectivity index (χ4v) is 3.00. The zero-order valence-electron chi connectivity index (χ0n) is 13.7. The van der Waals surface area contributed by atoms with Crippen molar-refractivity contribution in [1.29, 1.82) is 0 Å². The SMILES string of the molecule is CCN(C(=O)C1CCNC1)C(C)Cc1ccc(OC)cc1.Cl. The Morgan fingerprint density at radius 1 is 1.41 bits per heavy atom. The minimum Gasteiger partial charge on any atom is -0.497 e. The molecule has 2 unspecified atom stereocenters. The van der Waals surface area contributed by atoms with Crippen LogP contribution in [-0.4, -0.2) is 43.6 Å². The summed E-state index contributed by atoms with van der Waals surface area (Å²) in [5, 5.41) is 3.27. The first kappa shape index (κ1) is 18.8. The second kappa shape index (κ2) is 9.01. The van der Waals surface area contributed by atoms with E-state index < -0.39 is 0 Å². The Labute approximate surface area is 139 Å². The van der Waals surface area contributed by atoms with E-state index in [1.807, 2.05) is 17.0 Å². The number of rotatable bonds is 6. The van der Waals surface area contributed by atoms with Crippen LogP contribution in [0.1, 0.15) is 25.8 Å². The number of hydrogen-bond donors (Lipinski definition) is 1. The van der Waals surface area contributed by atoms with Gasteiger partial charge in [-0.05, 0) is 50.9 Å². The average molecular weight is 327 g/mol. The Kier molecular flexibility index (Phi) is 7.69. The highest BCUT2D eigenvalue weighted by atomic mass is 35.5. The van der Waals surface area contributed by atoms with Gasteiger partial charge in [0, 0.05) is 19.1 Å². The third-order valence-corrected chi connectivity index (χ3v) is 4.26. The van der Waals surface area contributed by atoms with Gasteiger partial charge in [0.1, 0.15) is 5.75 Å². The fourth-order valence-electron chi connectivity index (χ4n) is 3.00. The molecule has 5 heteroatoms. The van der Waals surface area contributed by atoms with Crippen molar-refractivity contribution in [2.45, 2.75) is 32.7 Å². The number of nitrogens with zero attached hydrogens (tertiary/aromatic N) is 1. The molecular formula is C17H27ClN2O2. The van der Waals surface area contributed by atoms with Gasteiger partial charge in [-0.25, -0.2) is 0 Å². The van der Waals surface area contributed by atoms with Gasteiger partial charge in [0.2, 0.25) is 5.91 Å². The Hall–Kier alpha value is -1.26. The predicted octanol–water partition coefficient (Wildman–Crippen LogP) is 2.51. The summed E-state index contributed by atoms with van der Waals surface area (Å²) in [6.07, 6.45) is 1.84. The lowest BCUT2D eigenvalue weighted by Gasteiger charge is -2.30. The normalized spacial score (nSPS) is 18.4. The first-order valence-electron chi connectivity index (χ1n) is 7.79. The van der Waals surface area contributed by atoms with Crippen LogP contribution < -0.4 is 10.1 Å². The van der Waals surface area contributed by atoms with E-state index >= 15 is 0 Å². The van der Waals surface area contributed by atoms with Crippen molar-refractivity contribution in [3.8, 4) is 5.75 Å². The molecule has 1 aromatic rings. The van der Waals surface area contributed by atoms with Gasteiger partial charge < -0.3 is 15.0 Å². The summed E-state index contributed by atoms with van der Waals surface area (Å²) in [7, 11) is 1.67. The monoisotopic (exact) mass is 326 g/mol. The topological polar surface area (TPSA) is 41.6 Å². The van der Waals surface area contributed by atoms with E-state index in [0.717, 1.165) is 38.2 Å². The molecule has 1 aliphatic heterocycles. The summed E-state index contributed by atoms with van der Waals surface area (Å²) >= 11 is 0. The van der Waals surface area contributed by atoms with Crippen LogP contribution >= 0.6 is 12.4 Å². The minimum atomic E-state index is 0. The van der Waals surface area contributed by atoms with Crippen LogP contribution in [-0.2, 0) is 11.2 Å². The highest BCUT2D eigenvalue weighted by molar-refractivity contribution is 5.85. The number of methoxy groups -OCH3 is 1. The zero-order chi connectivity index (χ0) is 15.2. The van der Waals surface area contributed by atoms with Gasteiger partial charge in [-0.1, -0.05) is 12.1 Å². The highest BCUT2D eigenvalue weighted by Crippen LogP contribution is 2.18. The van der Waals surface area contributed by atoms with E-state index in [4.69, 9.17) is 4.74 Å². The molecule has 1 fully saturated rings. The van der Waals surface area contributed by atoms with Crippen molar-refractivity contribution in [1.82, 2.24) is 10.2 Å². The van der Waals surface area contributed by atoms with Crippen LogP contribution in [0.5, 0.6) is 5.75 Å². The third kappa shape index (κ3) is 4.62. The van der Waals surface area contributed by atoms with E-state index in [2.05, 4.69) is 31.3 Å². The largest absolute Gasteiger partial charge is 0.497 e. The minimum absolute atomic E-state index is 0. The molecule has 0 aliphatic carbocycles. The Morgan fingerprint density at radius 3 is 2.59 bits per heavy atom. The molecule has 0 spiro atoms. The number of hydrogen-bond acceptors (Lipinski definition) is 3. The Balaban J connectivity index is 0.00000242. The van der Waals surface area contributed by atoms with Crippen molar-refractivity contribution in [3.63, 3.8) is 0 Å². The molecule has 1 amide bonds. The summed E-state index contributed by atoms with van der Waals surface area (Å²) in [5.41, 5.74) is 1.24. The molecule has 0 bridgehead atoms. The van der Waals surface area contributed by atoms with E-state index in [0.29, 0.717) is 5.91 Å². The van der Waals surface area contributed by atoms with Crippen LogP contribution in [0, 0.1) is 5.92 Å². The van der Waals surface area contributed by atoms with Gasteiger partial charge in [0.15, 0.2) is 0 Å². The van der Waals surface area contributed by atoms with Gasteiger partial charge in [-0.2, -0.15) is 0 Å². The molecule has 1 heterocycles. The molecule has 0 saturated carbocycles. The van der Waals surface area contributed by atoms with Crippen LogP contribution in [0.4, 0.5) is 0 Å². The molecule has 2 atom stereocenters. The van der Waals surface area contributed by atoms with Crippen LogP contribution in [0.25, 0.3) is 0 Å². The second-order valence-corrected chi connectivity index (χ2v) is 5.72. The number of likely N-dealkylation sites (N-methyl/N-ethyl adjacent to an activating group) is 1. The molecule has 1 aromatic carbocycles. The highest BCUT2D eigenvalue weighted by Gasteiger charge is 2.28. The number of ether oxygens (including phenoxy) is 1. The van der Waals surface area contributed by atoms with Gasteiger partial charge in [-0.15, -0.1) is 12.4 Å². The van der Waals surface area contributed by atoms with E-state index in [9.17, 15) is 4.79 Å². The van der Waals surface area contributed by atoms with Crippen molar-refractivity contribution in [3.05, 3.63) is 29.8 Å². The molecule has 1 N–H and O–H groups in total. The lowest BCUT2D eigenvalue weighted by molar-refractivity contribution is -0.136. The lowest BCUT2D eigenvalue weighted by atomic mass is 10.0. The molecule has 0 aromatic heterocycles. The summed E-state index contributed by atoms with van der Waals surface area (Å²) in [6.45, 7) is 6.75. The fraction of sp³-hybridized carbons (Fsp3) is 0.588. The van der Waals surface area contributed by atoms with Gasteiger partial charge in [0.05, 0.1) is 13.0 Å². The summed E-state index contributed by atoms with van der Waals surface area (Å²) < 4.78 is 5.18. The van der Waals surface area contributed by atoms with Crippen LogP contribution in [0.2, 0.25) is 0 Å². The standard InChI is InChI=1S/C17H26N2O2.ClH/c1-4-19(17(20)15-9-10-18-12-15)13(2)11-14-5-7-16(21-3)8-6-14;/h5-8,13,15,18H,4,9-12H2,1-3H3;1H. The number of benzene rings is 1. The van der Waals surface area contributed by atoms with Crippen molar-refractivity contribution < 1.29 is 9.53 Å². The molecular weight excluding hydrogens is 300 g/mol. The average Bonchev–Trinajstić information content (AvgIpc) is 3.03. The summed E-state index contributed by atoms with van der Waals surface area (Å²) in [5.74, 6) is 1.32. The maximum absolute atomic E-state index is 12.6. The number of carbonyl (C=O) groups excluding carboxylic acids is 1. The van der Waals surface area contributed by atoms with Crippen molar-refractivity contribution in [2.24, 2.45) is 5.92 Å². The van der Waals surface area contributed by atoms with Gasteiger partial charge >= 0.3 is 0 Å². The molecule has 4 nitrogen and oxygen atoms in total. The molecule has 124 valence electrons. The Bertz CT molecular complexity index is 458. The number of halogens is 1. The van der Waals surface area contributed by atoms with E-state index in [-0.39, 0.29) is 24.4 Å². The van der Waals surface area contributed by atoms with E-state index in [1.165, 1.54) is 5.56 Å². The van der Waals surface area contributed by atoms with Crippen LogP contribution in [0.15, 0.2) is 24.3 Å². The number of nitrogens with one attached hydrogen (secondary N) is 1. The predicted molar refractivity (Wildman–Crippen MR) is 91.8 cm³/mol. The third-order valence-electron chi connectivity index (χ3n) is 4.26. The van der Waals surface area contributed by atoms with Gasteiger partial charge in [-0.3, -0.25) is 4.79 Å². The van der Waals surface area contributed by atoms with Gasteiger partial charge in [0.25, 0.3) is 0 Å². The maximum atomic E-state index is 12.6. The summed E-state index contributed by atoms with van der Waals surface area (Å²) in [6, 6.07) is 8.31. The first-order chi connectivity index (χ1) is 10.2. The zero-order valence-corrected chi connectivity index (χ0v) is 14.5. The molecule has 22 heavy (non-hydrogen) atoms. The number of amides is 1. The molecule has 1 aliphatic rings. The lowest BCUT2D eigenvalue weighted by Crippen LogP contribution is -2.43. The number of carbonyl (C=O) groups is 1. The molecule has 0 radical (unpaired) electrons. The first-order valence-corrected chi connectivity index (χ1v) is 7.79. The Morgan fingerprint density at radius 2 is 2.09 bits per heavy atom. The smallest absolute Gasteiger partial charge is 0.227 e. The molecule has 2 rings (SSSR count). The second-order valence-electron chi connectivity index (χ2n) is 5.72. The quantitative estimate of drug-likeness (QED) is 0.873. The van der Waals surface area contributed by atoms with Crippen molar-refractivity contribution >= 4 is 18.3 Å². The van der Waals surface area contributed by atoms with Crippen LogP contribution in [0.3, 0.4) is 0 Å². The molecule has 1 saturated heterocycles. The van der Waals surface area contributed by atoms with Crippen molar-refractivity contribution in [2.75, 3.05) is 26.7 Å². The summed E-state index contributed by atoms with van der Waals surface area (Å²) in [4.78, 5) is 14.6. The van der Waals surface area contributed by atoms with E-state index in [1.54, 1.807) is 7.11 Å².